The Morgan fingerprint density at radius 2 is 1.92 bits per heavy atom. The van der Waals surface area contributed by atoms with Crippen LogP contribution in [0.3, 0.4) is 0 Å². The summed E-state index contributed by atoms with van der Waals surface area (Å²) in [6, 6.07) is 14.9. The molecule has 0 spiro atoms. The Labute approximate surface area is 153 Å². The minimum absolute atomic E-state index is 0.0519. The molecule has 0 saturated carbocycles. The van der Waals surface area contributed by atoms with Gasteiger partial charge in [-0.05, 0) is 36.2 Å². The zero-order chi connectivity index (χ0) is 17.8. The molecule has 0 aliphatic carbocycles. The molecule has 1 aromatic heterocycles. The van der Waals surface area contributed by atoms with Crippen molar-refractivity contribution in [1.29, 1.82) is 0 Å². The van der Waals surface area contributed by atoms with E-state index >= 15 is 0 Å². The number of para-hydroxylation sites is 1. The van der Waals surface area contributed by atoms with Gasteiger partial charge >= 0.3 is 0 Å². The predicted molar refractivity (Wildman–Crippen MR) is 101 cm³/mol. The van der Waals surface area contributed by atoms with E-state index in [4.69, 9.17) is 0 Å². The highest BCUT2D eigenvalue weighted by atomic mass is 79.9. The second-order valence-corrected chi connectivity index (χ2v) is 6.69. The summed E-state index contributed by atoms with van der Waals surface area (Å²) < 4.78 is 2.33. The lowest BCUT2D eigenvalue weighted by Gasteiger charge is -2.18. The molecule has 0 radical (unpaired) electrons. The Bertz CT molecular complexity index is 951. The van der Waals surface area contributed by atoms with Crippen LogP contribution in [0.25, 0.3) is 10.9 Å². The van der Waals surface area contributed by atoms with Crippen LogP contribution in [0, 0.1) is 0 Å². The molecule has 1 atom stereocenters. The van der Waals surface area contributed by atoms with Gasteiger partial charge in [-0.1, -0.05) is 47.1 Å². The normalized spacial score (nSPS) is 12.1. The second-order valence-electron chi connectivity index (χ2n) is 5.77. The van der Waals surface area contributed by atoms with Crippen molar-refractivity contribution in [3.63, 3.8) is 0 Å². The standard InChI is InChI=1S/C19H18BrN3O2/c1-2-16(13-7-9-14(20)10-8-13)22-18(24)11-23-12-21-17-6-4-3-5-15(17)19(23)25/h3-10,12,16H,2,11H2,1H3,(H,22,24)/t16-/m0/s1. The van der Waals surface area contributed by atoms with E-state index in [-0.39, 0.29) is 24.1 Å². The van der Waals surface area contributed by atoms with Gasteiger partial charge in [0.05, 0.1) is 23.3 Å². The number of amides is 1. The number of halogens is 1. The number of fused-ring (bicyclic) bond motifs is 1. The van der Waals surface area contributed by atoms with Crippen molar-refractivity contribution in [2.24, 2.45) is 0 Å². The summed E-state index contributed by atoms with van der Waals surface area (Å²) in [7, 11) is 0. The third-order valence-corrected chi connectivity index (χ3v) is 4.59. The van der Waals surface area contributed by atoms with E-state index < -0.39 is 0 Å². The van der Waals surface area contributed by atoms with Crippen molar-refractivity contribution in [2.45, 2.75) is 25.9 Å². The summed E-state index contributed by atoms with van der Waals surface area (Å²) in [4.78, 5) is 29.1. The molecule has 0 bridgehead atoms. The van der Waals surface area contributed by atoms with Crippen LogP contribution in [-0.4, -0.2) is 15.5 Å². The Hall–Kier alpha value is -2.47. The predicted octanol–water partition coefficient (Wildman–Crippen LogP) is 3.43. The van der Waals surface area contributed by atoms with Crippen LogP contribution in [0.4, 0.5) is 0 Å². The number of rotatable bonds is 5. The average molecular weight is 400 g/mol. The lowest BCUT2D eigenvalue weighted by Crippen LogP contribution is -2.34. The zero-order valence-corrected chi connectivity index (χ0v) is 15.4. The summed E-state index contributed by atoms with van der Waals surface area (Å²) in [5.41, 5.74) is 1.45. The van der Waals surface area contributed by atoms with Gasteiger partial charge in [0.1, 0.15) is 6.54 Å². The number of nitrogens with zero attached hydrogens (tertiary/aromatic N) is 2. The summed E-state index contributed by atoms with van der Waals surface area (Å²) in [6.45, 7) is 1.96. The number of hydrogen-bond acceptors (Lipinski definition) is 3. The van der Waals surface area contributed by atoms with E-state index in [2.05, 4.69) is 26.2 Å². The Kier molecular flexibility index (Phi) is 5.28. The van der Waals surface area contributed by atoms with E-state index in [0.29, 0.717) is 10.9 Å². The van der Waals surface area contributed by atoms with E-state index in [9.17, 15) is 9.59 Å². The molecular formula is C19H18BrN3O2. The quantitative estimate of drug-likeness (QED) is 0.714. The summed E-state index contributed by atoms with van der Waals surface area (Å²) >= 11 is 3.41. The third kappa shape index (κ3) is 3.96. The first-order valence-electron chi connectivity index (χ1n) is 8.07. The largest absolute Gasteiger partial charge is 0.348 e. The van der Waals surface area contributed by atoms with Crippen molar-refractivity contribution >= 4 is 32.7 Å². The number of carbonyl (C=O) groups excluding carboxylic acids is 1. The first-order chi connectivity index (χ1) is 12.1. The summed E-state index contributed by atoms with van der Waals surface area (Å²) in [5, 5.41) is 3.50. The van der Waals surface area contributed by atoms with Crippen molar-refractivity contribution < 1.29 is 4.79 Å². The lowest BCUT2D eigenvalue weighted by molar-refractivity contribution is -0.122. The van der Waals surface area contributed by atoms with E-state index in [1.54, 1.807) is 18.2 Å². The van der Waals surface area contributed by atoms with Crippen LogP contribution in [0.1, 0.15) is 24.9 Å². The van der Waals surface area contributed by atoms with Gasteiger partial charge < -0.3 is 5.32 Å². The SMILES string of the molecule is CC[C@H](NC(=O)Cn1cnc2ccccc2c1=O)c1ccc(Br)cc1. The molecule has 0 fully saturated rings. The fourth-order valence-corrected chi connectivity index (χ4v) is 2.99. The molecule has 1 heterocycles. The second kappa shape index (κ2) is 7.61. The highest BCUT2D eigenvalue weighted by Gasteiger charge is 2.14. The van der Waals surface area contributed by atoms with Crippen LogP contribution in [0.15, 0.2) is 64.1 Å². The van der Waals surface area contributed by atoms with Gasteiger partial charge in [0.15, 0.2) is 0 Å². The monoisotopic (exact) mass is 399 g/mol. The van der Waals surface area contributed by atoms with Gasteiger partial charge in [0.25, 0.3) is 5.56 Å². The fraction of sp³-hybridized carbons (Fsp3) is 0.211. The number of aromatic nitrogens is 2. The first-order valence-corrected chi connectivity index (χ1v) is 8.87. The number of hydrogen-bond donors (Lipinski definition) is 1. The van der Waals surface area contributed by atoms with E-state index in [1.807, 2.05) is 37.3 Å². The number of nitrogens with one attached hydrogen (secondary N) is 1. The van der Waals surface area contributed by atoms with E-state index in [0.717, 1.165) is 16.5 Å². The molecule has 6 heteroatoms. The van der Waals surface area contributed by atoms with E-state index in [1.165, 1.54) is 10.9 Å². The van der Waals surface area contributed by atoms with Crippen molar-refractivity contribution in [2.75, 3.05) is 0 Å². The minimum atomic E-state index is -0.214. The van der Waals surface area contributed by atoms with Crippen molar-refractivity contribution in [3.05, 3.63) is 75.2 Å². The third-order valence-electron chi connectivity index (χ3n) is 4.06. The smallest absolute Gasteiger partial charge is 0.261 e. The molecule has 5 nitrogen and oxygen atoms in total. The molecule has 3 aromatic rings. The molecule has 1 N–H and O–H groups in total. The molecule has 25 heavy (non-hydrogen) atoms. The van der Waals surface area contributed by atoms with Gasteiger partial charge in [-0.3, -0.25) is 14.2 Å². The van der Waals surface area contributed by atoms with Crippen molar-refractivity contribution in [3.8, 4) is 0 Å². The Morgan fingerprint density at radius 3 is 2.64 bits per heavy atom. The van der Waals surface area contributed by atoms with Crippen molar-refractivity contribution in [1.82, 2.24) is 14.9 Å². The lowest BCUT2D eigenvalue weighted by atomic mass is 10.0. The Balaban J connectivity index is 1.76. The molecule has 0 aliphatic heterocycles. The Morgan fingerprint density at radius 1 is 1.20 bits per heavy atom. The number of benzene rings is 2. The van der Waals surface area contributed by atoms with Crippen LogP contribution in [0.5, 0.6) is 0 Å². The first kappa shape index (κ1) is 17.4. The number of carbonyl (C=O) groups is 1. The van der Waals surface area contributed by atoms with Gasteiger partial charge in [0.2, 0.25) is 5.91 Å². The maximum absolute atomic E-state index is 12.5. The van der Waals surface area contributed by atoms with Crippen LogP contribution in [0.2, 0.25) is 0 Å². The van der Waals surface area contributed by atoms with Gasteiger partial charge in [0, 0.05) is 4.47 Å². The maximum Gasteiger partial charge on any atom is 0.261 e. The molecule has 3 rings (SSSR count). The van der Waals surface area contributed by atoms with Crippen LogP contribution >= 0.6 is 15.9 Å². The molecule has 0 saturated heterocycles. The topological polar surface area (TPSA) is 64.0 Å². The maximum atomic E-state index is 12.5. The van der Waals surface area contributed by atoms with Crippen LogP contribution in [-0.2, 0) is 11.3 Å². The highest BCUT2D eigenvalue weighted by molar-refractivity contribution is 9.10. The molecule has 0 unspecified atom stereocenters. The molecule has 2 aromatic carbocycles. The summed E-state index contributed by atoms with van der Waals surface area (Å²) in [6.07, 6.45) is 2.18. The zero-order valence-electron chi connectivity index (χ0n) is 13.8. The van der Waals surface area contributed by atoms with Gasteiger partial charge in [-0.2, -0.15) is 0 Å². The molecule has 0 aliphatic rings. The summed E-state index contributed by atoms with van der Waals surface area (Å²) in [5.74, 6) is -0.214. The fourth-order valence-electron chi connectivity index (χ4n) is 2.73. The molecule has 1 amide bonds. The highest BCUT2D eigenvalue weighted by Crippen LogP contribution is 2.19. The van der Waals surface area contributed by atoms with Gasteiger partial charge in [-0.25, -0.2) is 4.98 Å². The minimum Gasteiger partial charge on any atom is -0.348 e. The van der Waals surface area contributed by atoms with Gasteiger partial charge in [-0.15, -0.1) is 0 Å². The average Bonchev–Trinajstić information content (AvgIpc) is 2.63. The molecular weight excluding hydrogens is 382 g/mol. The molecule has 128 valence electrons. The van der Waals surface area contributed by atoms with Crippen LogP contribution < -0.4 is 10.9 Å².